The van der Waals surface area contributed by atoms with Crippen LogP contribution >= 0.6 is 0 Å². The van der Waals surface area contributed by atoms with Gasteiger partial charge in [-0.2, -0.15) is 0 Å². The Labute approximate surface area is 84.8 Å². The molecule has 1 aliphatic rings. The number of aliphatic hydroxyl groups is 1. The molecule has 1 atom stereocenters. The Kier molecular flexibility index (Phi) is 2.59. The molecule has 1 aromatic rings. The molecule has 0 saturated carbocycles. The molecule has 1 unspecified atom stereocenters. The maximum atomic E-state index is 9.21. The second-order valence-corrected chi connectivity index (χ2v) is 4.18. The van der Waals surface area contributed by atoms with Crippen LogP contribution in [0.5, 0.6) is 0 Å². The highest BCUT2D eigenvalue weighted by Crippen LogP contribution is 2.24. The second-order valence-electron chi connectivity index (χ2n) is 4.18. The topological polar surface area (TPSA) is 38.1 Å². The number of hydrogen-bond acceptors (Lipinski definition) is 2. The lowest BCUT2D eigenvalue weighted by molar-refractivity contribution is 0.273. The smallest absolute Gasteiger partial charge is 0.109 e. The van der Waals surface area contributed by atoms with E-state index in [1.807, 2.05) is 0 Å². The van der Waals surface area contributed by atoms with Crippen LogP contribution in [0.4, 0.5) is 0 Å². The van der Waals surface area contributed by atoms with Gasteiger partial charge in [-0.05, 0) is 18.8 Å². The predicted octanol–water partition coefficient (Wildman–Crippen LogP) is 1.52. The van der Waals surface area contributed by atoms with Gasteiger partial charge in [0.25, 0.3) is 0 Å². The Morgan fingerprint density at radius 1 is 1.57 bits per heavy atom. The molecule has 1 aliphatic heterocycles. The first-order valence-electron chi connectivity index (χ1n) is 5.44. The Hall–Kier alpha value is -0.830. The fourth-order valence-electron chi connectivity index (χ4n) is 2.26. The molecule has 78 valence electrons. The quantitative estimate of drug-likeness (QED) is 0.775. The molecule has 1 aromatic heterocycles. The highest BCUT2D eigenvalue weighted by atomic mass is 16.3. The maximum absolute atomic E-state index is 9.21. The van der Waals surface area contributed by atoms with Gasteiger partial charge in [-0.25, -0.2) is 4.98 Å². The molecule has 0 aromatic carbocycles. The van der Waals surface area contributed by atoms with Crippen molar-refractivity contribution < 1.29 is 5.11 Å². The molecular formula is C11H18N2O. The SMILES string of the molecule is CCc1nc(CO)c2n1CCC(C)C2. The zero-order chi connectivity index (χ0) is 10.1. The van der Waals surface area contributed by atoms with Crippen molar-refractivity contribution in [2.24, 2.45) is 5.92 Å². The first kappa shape index (κ1) is 9.71. The molecule has 14 heavy (non-hydrogen) atoms. The largest absolute Gasteiger partial charge is 0.390 e. The summed E-state index contributed by atoms with van der Waals surface area (Å²) in [6, 6.07) is 0. The molecule has 0 aliphatic carbocycles. The van der Waals surface area contributed by atoms with Crippen LogP contribution in [0.1, 0.15) is 37.5 Å². The number of rotatable bonds is 2. The third kappa shape index (κ3) is 1.46. The minimum Gasteiger partial charge on any atom is -0.390 e. The lowest BCUT2D eigenvalue weighted by Gasteiger charge is -2.22. The molecule has 0 radical (unpaired) electrons. The molecule has 0 fully saturated rings. The standard InChI is InChI=1S/C11H18N2O/c1-3-11-12-9(7-14)10-6-8(2)4-5-13(10)11/h8,14H,3-7H2,1-2H3. The van der Waals surface area contributed by atoms with Crippen molar-refractivity contribution in [2.75, 3.05) is 0 Å². The van der Waals surface area contributed by atoms with Gasteiger partial charge in [0, 0.05) is 18.7 Å². The molecule has 3 heteroatoms. The van der Waals surface area contributed by atoms with Crippen LogP contribution in [-0.4, -0.2) is 14.7 Å². The average molecular weight is 194 g/mol. The fourth-order valence-corrected chi connectivity index (χ4v) is 2.26. The molecule has 0 saturated heterocycles. The maximum Gasteiger partial charge on any atom is 0.109 e. The number of hydrogen-bond donors (Lipinski definition) is 1. The number of nitrogens with zero attached hydrogens (tertiary/aromatic N) is 2. The molecule has 3 nitrogen and oxygen atoms in total. The Morgan fingerprint density at radius 3 is 3.00 bits per heavy atom. The van der Waals surface area contributed by atoms with Crippen LogP contribution < -0.4 is 0 Å². The van der Waals surface area contributed by atoms with Crippen molar-refractivity contribution in [1.29, 1.82) is 0 Å². The van der Waals surface area contributed by atoms with Gasteiger partial charge in [0.1, 0.15) is 5.82 Å². The van der Waals surface area contributed by atoms with E-state index < -0.39 is 0 Å². The van der Waals surface area contributed by atoms with E-state index in [0.717, 1.165) is 36.8 Å². The summed E-state index contributed by atoms with van der Waals surface area (Å²) in [5.41, 5.74) is 2.16. The van der Waals surface area contributed by atoms with E-state index in [2.05, 4.69) is 23.4 Å². The van der Waals surface area contributed by atoms with Gasteiger partial charge in [0.2, 0.25) is 0 Å². The summed E-state index contributed by atoms with van der Waals surface area (Å²) in [7, 11) is 0. The minimum absolute atomic E-state index is 0.0854. The van der Waals surface area contributed by atoms with Gasteiger partial charge < -0.3 is 9.67 Å². The molecule has 2 rings (SSSR count). The van der Waals surface area contributed by atoms with E-state index in [1.54, 1.807) is 0 Å². The lowest BCUT2D eigenvalue weighted by Crippen LogP contribution is -2.19. The highest BCUT2D eigenvalue weighted by Gasteiger charge is 2.21. The Morgan fingerprint density at radius 2 is 2.36 bits per heavy atom. The molecule has 1 N–H and O–H groups in total. The van der Waals surface area contributed by atoms with Crippen molar-refractivity contribution in [3.63, 3.8) is 0 Å². The van der Waals surface area contributed by atoms with Gasteiger partial charge in [-0.3, -0.25) is 0 Å². The second kappa shape index (κ2) is 3.73. The van der Waals surface area contributed by atoms with Crippen LogP contribution in [0.15, 0.2) is 0 Å². The van der Waals surface area contributed by atoms with Crippen molar-refractivity contribution in [1.82, 2.24) is 9.55 Å². The van der Waals surface area contributed by atoms with Gasteiger partial charge in [0.05, 0.1) is 12.3 Å². The average Bonchev–Trinajstić information content (AvgIpc) is 2.55. The first-order chi connectivity index (χ1) is 6.76. The van der Waals surface area contributed by atoms with Gasteiger partial charge in [-0.1, -0.05) is 13.8 Å². The molecule has 0 bridgehead atoms. The number of aliphatic hydroxyl groups excluding tert-OH is 1. The normalized spacial score (nSPS) is 20.9. The van der Waals surface area contributed by atoms with Crippen LogP contribution in [0.2, 0.25) is 0 Å². The van der Waals surface area contributed by atoms with Gasteiger partial charge in [0.15, 0.2) is 0 Å². The van der Waals surface area contributed by atoms with Crippen LogP contribution in [0.25, 0.3) is 0 Å². The zero-order valence-electron chi connectivity index (χ0n) is 8.95. The third-order valence-corrected chi connectivity index (χ3v) is 3.09. The minimum atomic E-state index is 0.0854. The van der Waals surface area contributed by atoms with E-state index in [4.69, 9.17) is 0 Å². The van der Waals surface area contributed by atoms with E-state index >= 15 is 0 Å². The molecule has 0 amide bonds. The molecule has 0 spiro atoms. The van der Waals surface area contributed by atoms with Crippen molar-refractivity contribution >= 4 is 0 Å². The molecule has 2 heterocycles. The summed E-state index contributed by atoms with van der Waals surface area (Å²) < 4.78 is 2.30. The molecular weight excluding hydrogens is 176 g/mol. The van der Waals surface area contributed by atoms with Crippen LogP contribution in [0.3, 0.4) is 0 Å². The van der Waals surface area contributed by atoms with Crippen molar-refractivity contribution in [2.45, 2.75) is 46.3 Å². The van der Waals surface area contributed by atoms with Crippen LogP contribution in [-0.2, 0) is 26.0 Å². The lowest BCUT2D eigenvalue weighted by atomic mass is 9.97. The first-order valence-corrected chi connectivity index (χ1v) is 5.44. The summed E-state index contributed by atoms with van der Waals surface area (Å²) >= 11 is 0. The van der Waals surface area contributed by atoms with Gasteiger partial charge >= 0.3 is 0 Å². The van der Waals surface area contributed by atoms with Crippen molar-refractivity contribution in [3.05, 3.63) is 17.2 Å². The van der Waals surface area contributed by atoms with Crippen LogP contribution in [0, 0.1) is 5.92 Å². The Bertz CT molecular complexity index is 330. The summed E-state index contributed by atoms with van der Waals surface area (Å²) in [4.78, 5) is 4.48. The van der Waals surface area contributed by atoms with Gasteiger partial charge in [-0.15, -0.1) is 0 Å². The fraction of sp³-hybridized carbons (Fsp3) is 0.727. The van der Waals surface area contributed by atoms with Crippen molar-refractivity contribution in [3.8, 4) is 0 Å². The summed E-state index contributed by atoms with van der Waals surface area (Å²) in [5.74, 6) is 1.87. The number of aromatic nitrogens is 2. The van der Waals surface area contributed by atoms with E-state index in [1.165, 1.54) is 12.1 Å². The summed E-state index contributed by atoms with van der Waals surface area (Å²) in [6.07, 6.45) is 3.27. The monoisotopic (exact) mass is 194 g/mol. The predicted molar refractivity (Wildman–Crippen MR) is 55.0 cm³/mol. The zero-order valence-corrected chi connectivity index (χ0v) is 8.95. The highest BCUT2D eigenvalue weighted by molar-refractivity contribution is 5.19. The number of imidazole rings is 1. The van der Waals surface area contributed by atoms with E-state index in [9.17, 15) is 5.11 Å². The number of fused-ring (bicyclic) bond motifs is 1. The number of aryl methyl sites for hydroxylation is 1. The third-order valence-electron chi connectivity index (χ3n) is 3.09. The summed E-state index contributed by atoms with van der Waals surface area (Å²) in [6.45, 7) is 5.55. The Balaban J connectivity index is 2.42. The summed E-state index contributed by atoms with van der Waals surface area (Å²) in [5, 5.41) is 9.21. The van der Waals surface area contributed by atoms with E-state index in [-0.39, 0.29) is 6.61 Å². The van der Waals surface area contributed by atoms with E-state index in [0.29, 0.717) is 0 Å².